The van der Waals surface area contributed by atoms with Crippen LogP contribution >= 0.6 is 0 Å². The number of benzene rings is 3. The number of morpholine rings is 1. The number of anilines is 2. The number of carbonyl (C=O) groups excluding carboxylic acids is 2. The highest BCUT2D eigenvalue weighted by molar-refractivity contribution is 5.99. The van der Waals surface area contributed by atoms with Gasteiger partial charge in [0.2, 0.25) is 5.91 Å². The van der Waals surface area contributed by atoms with Gasteiger partial charge in [-0.2, -0.15) is 0 Å². The van der Waals surface area contributed by atoms with Gasteiger partial charge < -0.3 is 25.4 Å². The van der Waals surface area contributed by atoms with Crippen LogP contribution in [-0.4, -0.2) is 41.2 Å². The summed E-state index contributed by atoms with van der Waals surface area (Å²) in [6.07, 6.45) is -1.05. The monoisotopic (exact) mass is 449 g/mol. The van der Waals surface area contributed by atoms with Crippen molar-refractivity contribution in [3.8, 4) is 0 Å². The second-order valence-corrected chi connectivity index (χ2v) is 7.71. The van der Waals surface area contributed by atoms with E-state index < -0.39 is 24.0 Å². The molecular formula is C25H24FN3O4. The molecule has 1 heterocycles. The van der Waals surface area contributed by atoms with Crippen molar-refractivity contribution >= 4 is 23.3 Å². The van der Waals surface area contributed by atoms with E-state index in [0.29, 0.717) is 22.5 Å². The molecule has 0 unspecified atom stereocenters. The number of nitrogens with zero attached hydrogens (tertiary/aromatic N) is 1. The molecule has 1 saturated heterocycles. The van der Waals surface area contributed by atoms with E-state index in [2.05, 4.69) is 10.6 Å². The lowest BCUT2D eigenvalue weighted by atomic mass is 9.99. The Kier molecular flexibility index (Phi) is 6.97. The number of nitrogens with one attached hydrogen (secondary N) is 2. The average molecular weight is 449 g/mol. The third-order valence-electron chi connectivity index (χ3n) is 5.44. The van der Waals surface area contributed by atoms with E-state index in [4.69, 9.17) is 4.74 Å². The number of rotatable bonds is 6. The summed E-state index contributed by atoms with van der Waals surface area (Å²) in [5.41, 5.74) is 2.12. The van der Waals surface area contributed by atoms with Crippen LogP contribution in [0.3, 0.4) is 0 Å². The molecule has 3 N–H and O–H groups in total. The van der Waals surface area contributed by atoms with Gasteiger partial charge in [-0.1, -0.05) is 48.5 Å². The fourth-order valence-electron chi connectivity index (χ4n) is 3.70. The summed E-state index contributed by atoms with van der Waals surface area (Å²) in [4.78, 5) is 26.1. The van der Waals surface area contributed by atoms with Gasteiger partial charge in [-0.05, 0) is 35.9 Å². The molecule has 1 aliphatic heterocycles. The topological polar surface area (TPSA) is 90.9 Å². The number of hydrogen-bond acceptors (Lipinski definition) is 4. The number of aliphatic hydroxyl groups excluding tert-OH is 1. The van der Waals surface area contributed by atoms with Crippen LogP contribution in [0.25, 0.3) is 0 Å². The predicted octanol–water partition coefficient (Wildman–Crippen LogP) is 3.93. The molecule has 170 valence electrons. The Labute approximate surface area is 190 Å². The fourth-order valence-corrected chi connectivity index (χ4v) is 3.70. The summed E-state index contributed by atoms with van der Waals surface area (Å²) >= 11 is 0. The maximum atomic E-state index is 14.1. The minimum atomic E-state index is -1.05. The molecule has 8 heteroatoms. The third-order valence-corrected chi connectivity index (χ3v) is 5.44. The van der Waals surface area contributed by atoms with Crippen molar-refractivity contribution in [3.05, 3.63) is 95.8 Å². The largest absolute Gasteiger partial charge is 0.386 e. The van der Waals surface area contributed by atoms with E-state index in [1.807, 2.05) is 18.2 Å². The molecule has 0 aliphatic carbocycles. The van der Waals surface area contributed by atoms with Gasteiger partial charge in [0.15, 0.2) is 0 Å². The van der Waals surface area contributed by atoms with E-state index in [1.54, 1.807) is 54.6 Å². The first kappa shape index (κ1) is 22.4. The van der Waals surface area contributed by atoms with E-state index in [9.17, 15) is 19.1 Å². The minimum absolute atomic E-state index is 0.0376. The fraction of sp³-hybridized carbons (Fsp3) is 0.200. The number of amides is 3. The minimum Gasteiger partial charge on any atom is -0.386 e. The number of ether oxygens (including phenoxy) is 1. The van der Waals surface area contributed by atoms with Crippen LogP contribution in [0.2, 0.25) is 0 Å². The molecule has 0 radical (unpaired) electrons. The van der Waals surface area contributed by atoms with E-state index in [-0.39, 0.29) is 25.7 Å². The van der Waals surface area contributed by atoms with Crippen molar-refractivity contribution < 1.29 is 23.8 Å². The Morgan fingerprint density at radius 1 is 1.00 bits per heavy atom. The molecule has 0 aromatic heterocycles. The average Bonchev–Trinajstić information content (AvgIpc) is 2.82. The summed E-state index contributed by atoms with van der Waals surface area (Å²) in [5.74, 6) is -0.723. The molecule has 1 aliphatic rings. The van der Waals surface area contributed by atoms with Gasteiger partial charge >= 0.3 is 6.03 Å². The molecule has 33 heavy (non-hydrogen) atoms. The summed E-state index contributed by atoms with van der Waals surface area (Å²) in [6.45, 7) is 0.0494. The summed E-state index contributed by atoms with van der Waals surface area (Å²) in [6, 6.07) is 20.9. The van der Waals surface area contributed by atoms with Gasteiger partial charge in [-0.3, -0.25) is 4.79 Å². The molecule has 3 amide bonds. The lowest BCUT2D eigenvalue weighted by molar-refractivity contribution is -0.155. The van der Waals surface area contributed by atoms with E-state index in [1.165, 1.54) is 11.0 Å². The summed E-state index contributed by atoms with van der Waals surface area (Å²) in [7, 11) is 0. The van der Waals surface area contributed by atoms with Crippen molar-refractivity contribution in [2.45, 2.75) is 18.7 Å². The number of hydrogen-bond donors (Lipinski definition) is 3. The van der Waals surface area contributed by atoms with Crippen molar-refractivity contribution in [3.63, 3.8) is 0 Å². The van der Waals surface area contributed by atoms with Crippen LogP contribution in [-0.2, 0) is 16.1 Å². The smallest absolute Gasteiger partial charge is 0.323 e. The highest BCUT2D eigenvalue weighted by Crippen LogP contribution is 2.27. The molecule has 3 aromatic carbocycles. The molecule has 3 aromatic rings. The Balaban J connectivity index is 1.43. The molecular weight excluding hydrogens is 425 g/mol. The van der Waals surface area contributed by atoms with Crippen molar-refractivity contribution in [2.24, 2.45) is 0 Å². The van der Waals surface area contributed by atoms with Crippen molar-refractivity contribution in [1.82, 2.24) is 4.90 Å². The molecule has 7 nitrogen and oxygen atoms in total. The quantitative estimate of drug-likeness (QED) is 0.532. The first-order chi connectivity index (χ1) is 16.0. The lowest BCUT2D eigenvalue weighted by Crippen LogP contribution is -2.51. The number of halogens is 1. The number of urea groups is 1. The van der Waals surface area contributed by atoms with E-state index in [0.717, 1.165) is 0 Å². The molecule has 1 fully saturated rings. The number of carbonyl (C=O) groups is 2. The third kappa shape index (κ3) is 5.54. The van der Waals surface area contributed by atoms with Gasteiger partial charge in [0.05, 0.1) is 12.6 Å². The Hall–Kier alpha value is -3.75. The first-order valence-electron chi connectivity index (χ1n) is 10.5. The van der Waals surface area contributed by atoms with Gasteiger partial charge in [-0.25, -0.2) is 9.18 Å². The number of aliphatic hydroxyl groups is 1. The Bertz CT molecular complexity index is 1110. The summed E-state index contributed by atoms with van der Waals surface area (Å²) in [5, 5.41) is 16.4. The second-order valence-electron chi connectivity index (χ2n) is 7.71. The van der Waals surface area contributed by atoms with Gasteiger partial charge in [0.1, 0.15) is 18.5 Å². The molecule has 0 spiro atoms. The van der Waals surface area contributed by atoms with Crippen LogP contribution in [0.4, 0.5) is 20.6 Å². The zero-order valence-corrected chi connectivity index (χ0v) is 17.8. The van der Waals surface area contributed by atoms with Gasteiger partial charge in [-0.15, -0.1) is 0 Å². The lowest BCUT2D eigenvalue weighted by Gasteiger charge is -2.38. The predicted molar refractivity (Wildman–Crippen MR) is 122 cm³/mol. The second kappa shape index (κ2) is 10.2. The SMILES string of the molecule is O=C(Nc1ccccc1)Nc1ccc([C@@H](O)[C@H]2COCC(=O)N2Cc2ccccc2F)cc1. The van der Waals surface area contributed by atoms with Crippen LogP contribution in [0.5, 0.6) is 0 Å². The van der Waals surface area contributed by atoms with Crippen LogP contribution < -0.4 is 10.6 Å². The highest BCUT2D eigenvalue weighted by Gasteiger charge is 2.35. The highest BCUT2D eigenvalue weighted by atomic mass is 19.1. The van der Waals surface area contributed by atoms with Crippen LogP contribution in [0.1, 0.15) is 17.2 Å². The normalized spacial score (nSPS) is 16.8. The molecule has 0 saturated carbocycles. The zero-order valence-electron chi connectivity index (χ0n) is 17.8. The van der Waals surface area contributed by atoms with Crippen molar-refractivity contribution in [1.29, 1.82) is 0 Å². The molecule has 0 bridgehead atoms. The van der Waals surface area contributed by atoms with Crippen LogP contribution in [0.15, 0.2) is 78.9 Å². The Morgan fingerprint density at radius 3 is 2.33 bits per heavy atom. The zero-order chi connectivity index (χ0) is 23.2. The van der Waals surface area contributed by atoms with E-state index >= 15 is 0 Å². The van der Waals surface area contributed by atoms with Crippen molar-refractivity contribution in [2.75, 3.05) is 23.8 Å². The standard InChI is InChI=1S/C25H24FN3O4/c26-21-9-5-4-6-18(21)14-29-22(15-33-16-23(29)30)24(31)17-10-12-20(13-11-17)28-25(32)27-19-7-2-1-3-8-19/h1-13,22,24,31H,14-16H2,(H2,27,28,32)/t22-,24-/m1/s1. The number of para-hydroxylation sites is 1. The molecule has 4 rings (SSSR count). The molecule has 2 atom stereocenters. The first-order valence-corrected chi connectivity index (χ1v) is 10.5. The maximum absolute atomic E-state index is 14.1. The summed E-state index contributed by atoms with van der Waals surface area (Å²) < 4.78 is 19.5. The van der Waals surface area contributed by atoms with Gasteiger partial charge in [0, 0.05) is 23.5 Å². The Morgan fingerprint density at radius 2 is 1.64 bits per heavy atom. The van der Waals surface area contributed by atoms with Gasteiger partial charge in [0.25, 0.3) is 0 Å². The van der Waals surface area contributed by atoms with Crippen LogP contribution in [0, 0.1) is 5.82 Å². The maximum Gasteiger partial charge on any atom is 0.323 e.